The molecular weight excluding hydrogens is 379 g/mol. The number of aromatic nitrogens is 1. The number of methoxy groups -OCH3 is 1. The zero-order chi connectivity index (χ0) is 19.9. The van der Waals surface area contributed by atoms with E-state index in [4.69, 9.17) is 9.47 Å². The Morgan fingerprint density at radius 3 is 2.93 bits per heavy atom. The Balaban J connectivity index is 1.63. The maximum Gasteiger partial charge on any atom is 0.261 e. The number of carbonyl (C=O) groups is 1. The van der Waals surface area contributed by atoms with Crippen molar-refractivity contribution in [3.63, 3.8) is 0 Å². The lowest BCUT2D eigenvalue weighted by Gasteiger charge is -2.16. The predicted molar refractivity (Wildman–Crippen MR) is 108 cm³/mol. The van der Waals surface area contributed by atoms with Crippen molar-refractivity contribution in [3.8, 4) is 5.75 Å². The van der Waals surface area contributed by atoms with Crippen molar-refractivity contribution in [2.45, 2.75) is 32.4 Å². The summed E-state index contributed by atoms with van der Waals surface area (Å²) >= 11 is 1.31. The first-order valence-corrected chi connectivity index (χ1v) is 9.99. The number of thiophene rings is 1. The molecule has 0 saturated carbocycles. The molecule has 3 rings (SSSR count). The standard InChI is InChI=1S/C21H23FN2O3S/c1-3-6-16(26-2)13-27-17-9-4-7-15(19(17)22)12-24-20(25)18-11-14-8-5-10-23-21(14)28-18/h4-5,7-11,16H,3,6,12-13H2,1-2H3,(H,24,25). The van der Waals surface area contributed by atoms with E-state index in [-0.39, 0.29) is 30.9 Å². The summed E-state index contributed by atoms with van der Waals surface area (Å²) < 4.78 is 25.6. The minimum absolute atomic E-state index is 0.0747. The summed E-state index contributed by atoms with van der Waals surface area (Å²) in [7, 11) is 1.62. The van der Waals surface area contributed by atoms with E-state index >= 15 is 0 Å². The SMILES string of the molecule is CCCC(COc1cccc(CNC(=O)c2cc3cccnc3s2)c1F)OC. The van der Waals surface area contributed by atoms with Gasteiger partial charge in [0.2, 0.25) is 0 Å². The first-order valence-electron chi connectivity index (χ1n) is 9.18. The van der Waals surface area contributed by atoms with Gasteiger partial charge in [0.05, 0.1) is 11.0 Å². The van der Waals surface area contributed by atoms with Crippen LogP contribution in [0.4, 0.5) is 4.39 Å². The molecule has 0 bridgehead atoms. The van der Waals surface area contributed by atoms with Gasteiger partial charge in [-0.2, -0.15) is 0 Å². The number of nitrogens with zero attached hydrogens (tertiary/aromatic N) is 1. The topological polar surface area (TPSA) is 60.5 Å². The zero-order valence-corrected chi connectivity index (χ0v) is 16.7. The Hall–Kier alpha value is -2.51. The van der Waals surface area contributed by atoms with E-state index in [9.17, 15) is 9.18 Å². The largest absolute Gasteiger partial charge is 0.488 e. The van der Waals surface area contributed by atoms with E-state index in [0.717, 1.165) is 23.1 Å². The molecule has 0 aliphatic carbocycles. The quantitative estimate of drug-likeness (QED) is 0.570. The van der Waals surface area contributed by atoms with Gasteiger partial charge in [-0.05, 0) is 24.6 Å². The minimum Gasteiger partial charge on any atom is -0.488 e. The van der Waals surface area contributed by atoms with Crippen LogP contribution in [0.5, 0.6) is 5.75 Å². The molecule has 0 aliphatic rings. The Labute approximate surface area is 167 Å². The van der Waals surface area contributed by atoms with Gasteiger partial charge in [0.25, 0.3) is 5.91 Å². The number of hydrogen-bond donors (Lipinski definition) is 1. The van der Waals surface area contributed by atoms with Crippen LogP contribution in [-0.2, 0) is 11.3 Å². The lowest BCUT2D eigenvalue weighted by molar-refractivity contribution is 0.0502. The molecular formula is C21H23FN2O3S. The van der Waals surface area contributed by atoms with Gasteiger partial charge < -0.3 is 14.8 Å². The van der Waals surface area contributed by atoms with Gasteiger partial charge in [0.1, 0.15) is 11.4 Å². The Bertz CT molecular complexity index is 911. The number of rotatable bonds is 9. The smallest absolute Gasteiger partial charge is 0.261 e. The predicted octanol–water partition coefficient (Wildman–Crippen LogP) is 4.56. The number of halogens is 1. The summed E-state index contributed by atoms with van der Waals surface area (Å²) in [4.78, 5) is 18.0. The van der Waals surface area contributed by atoms with Gasteiger partial charge in [-0.1, -0.05) is 31.5 Å². The zero-order valence-electron chi connectivity index (χ0n) is 15.9. The van der Waals surface area contributed by atoms with Crippen molar-refractivity contribution in [1.82, 2.24) is 10.3 Å². The molecule has 3 aromatic rings. The second kappa shape index (κ2) is 9.61. The second-order valence-corrected chi connectivity index (χ2v) is 7.41. The first kappa shape index (κ1) is 20.2. The normalized spacial score (nSPS) is 12.1. The fourth-order valence-corrected chi connectivity index (χ4v) is 3.74. The molecule has 1 amide bonds. The summed E-state index contributed by atoms with van der Waals surface area (Å²) in [5.74, 6) is -0.556. The highest BCUT2D eigenvalue weighted by molar-refractivity contribution is 7.20. The lowest BCUT2D eigenvalue weighted by atomic mass is 10.2. The monoisotopic (exact) mass is 402 g/mol. The molecule has 1 N–H and O–H groups in total. The number of nitrogens with one attached hydrogen (secondary N) is 1. The van der Waals surface area contributed by atoms with E-state index in [1.54, 1.807) is 37.6 Å². The third-order valence-corrected chi connectivity index (χ3v) is 5.43. The van der Waals surface area contributed by atoms with Crippen molar-refractivity contribution in [3.05, 3.63) is 58.9 Å². The second-order valence-electron chi connectivity index (χ2n) is 6.38. The van der Waals surface area contributed by atoms with E-state index in [1.165, 1.54) is 11.3 Å². The van der Waals surface area contributed by atoms with Crippen LogP contribution in [0.25, 0.3) is 10.2 Å². The van der Waals surface area contributed by atoms with Crippen LogP contribution in [0, 0.1) is 5.82 Å². The number of hydrogen-bond acceptors (Lipinski definition) is 5. The molecule has 0 fully saturated rings. The maximum absolute atomic E-state index is 14.7. The highest BCUT2D eigenvalue weighted by Gasteiger charge is 2.15. The van der Waals surface area contributed by atoms with Crippen LogP contribution in [0.3, 0.4) is 0 Å². The summed E-state index contributed by atoms with van der Waals surface area (Å²) in [5.41, 5.74) is 0.370. The molecule has 1 aromatic carbocycles. The van der Waals surface area contributed by atoms with Gasteiger partial charge in [-0.25, -0.2) is 9.37 Å². The van der Waals surface area contributed by atoms with Crippen molar-refractivity contribution < 1.29 is 18.7 Å². The molecule has 0 radical (unpaired) electrons. The summed E-state index contributed by atoms with van der Waals surface area (Å²) in [6, 6.07) is 10.4. The number of fused-ring (bicyclic) bond motifs is 1. The van der Waals surface area contributed by atoms with Crippen LogP contribution in [0.15, 0.2) is 42.6 Å². The highest BCUT2D eigenvalue weighted by Crippen LogP contribution is 2.24. The number of ether oxygens (including phenoxy) is 2. The van der Waals surface area contributed by atoms with Crippen LogP contribution >= 0.6 is 11.3 Å². The molecule has 2 aromatic heterocycles. The van der Waals surface area contributed by atoms with E-state index in [1.807, 2.05) is 12.1 Å². The minimum atomic E-state index is -0.466. The summed E-state index contributed by atoms with van der Waals surface area (Å²) in [5, 5.41) is 3.68. The van der Waals surface area contributed by atoms with Crippen LogP contribution in [0.2, 0.25) is 0 Å². The third kappa shape index (κ3) is 4.85. The van der Waals surface area contributed by atoms with Gasteiger partial charge >= 0.3 is 0 Å². The number of amides is 1. The van der Waals surface area contributed by atoms with Crippen LogP contribution in [-0.4, -0.2) is 30.7 Å². The van der Waals surface area contributed by atoms with Crippen molar-refractivity contribution in [2.75, 3.05) is 13.7 Å². The van der Waals surface area contributed by atoms with Gasteiger partial charge in [-0.15, -0.1) is 11.3 Å². The maximum atomic E-state index is 14.7. The molecule has 7 heteroatoms. The fourth-order valence-electron chi connectivity index (χ4n) is 2.83. The van der Waals surface area contributed by atoms with E-state index in [0.29, 0.717) is 10.4 Å². The summed E-state index contributed by atoms with van der Waals surface area (Å²) in [6.45, 7) is 2.42. The van der Waals surface area contributed by atoms with Gasteiger partial charge in [-0.3, -0.25) is 4.79 Å². The van der Waals surface area contributed by atoms with Crippen LogP contribution < -0.4 is 10.1 Å². The first-order chi connectivity index (χ1) is 13.6. The molecule has 1 unspecified atom stereocenters. The Morgan fingerprint density at radius 2 is 2.18 bits per heavy atom. The van der Waals surface area contributed by atoms with E-state index < -0.39 is 5.82 Å². The molecule has 2 heterocycles. The number of benzene rings is 1. The average molecular weight is 402 g/mol. The Kier molecular flexibility index (Phi) is 6.95. The Morgan fingerprint density at radius 1 is 1.32 bits per heavy atom. The molecule has 0 aliphatic heterocycles. The molecule has 1 atom stereocenters. The number of carbonyl (C=O) groups excluding carboxylic acids is 1. The lowest BCUT2D eigenvalue weighted by Crippen LogP contribution is -2.23. The molecule has 0 saturated heterocycles. The summed E-state index contributed by atoms with van der Waals surface area (Å²) in [6.07, 6.45) is 3.42. The van der Waals surface area contributed by atoms with Crippen molar-refractivity contribution in [1.29, 1.82) is 0 Å². The molecule has 28 heavy (non-hydrogen) atoms. The fraction of sp³-hybridized carbons (Fsp3) is 0.333. The van der Waals surface area contributed by atoms with Crippen LogP contribution in [0.1, 0.15) is 35.0 Å². The van der Waals surface area contributed by atoms with E-state index in [2.05, 4.69) is 17.2 Å². The molecule has 5 nitrogen and oxygen atoms in total. The highest BCUT2D eigenvalue weighted by atomic mass is 32.1. The molecule has 148 valence electrons. The molecule has 0 spiro atoms. The van der Waals surface area contributed by atoms with Crippen molar-refractivity contribution in [2.24, 2.45) is 0 Å². The van der Waals surface area contributed by atoms with Crippen molar-refractivity contribution >= 4 is 27.5 Å². The average Bonchev–Trinajstić information content (AvgIpc) is 3.15. The van der Waals surface area contributed by atoms with Gasteiger partial charge in [0, 0.05) is 30.8 Å². The van der Waals surface area contributed by atoms with Gasteiger partial charge in [0.15, 0.2) is 11.6 Å². The third-order valence-electron chi connectivity index (χ3n) is 4.37. The number of pyridine rings is 1.